The third kappa shape index (κ3) is 2.33. The molecule has 0 radical (unpaired) electrons. The van der Waals surface area contributed by atoms with E-state index in [0.29, 0.717) is 12.1 Å². The summed E-state index contributed by atoms with van der Waals surface area (Å²) in [6.07, 6.45) is 6.87. The van der Waals surface area contributed by atoms with E-state index in [2.05, 4.69) is 16.7 Å². The van der Waals surface area contributed by atoms with Crippen LogP contribution in [0.4, 0.5) is 0 Å². The molecule has 4 heteroatoms. The number of fused-ring (bicyclic) bond motifs is 1. The molecule has 3 aliphatic rings. The maximum atomic E-state index is 6.28. The molecule has 110 valence electrons. The summed E-state index contributed by atoms with van der Waals surface area (Å²) in [5.74, 6) is 0. The van der Waals surface area contributed by atoms with Gasteiger partial charge in [-0.3, -0.25) is 9.80 Å². The number of rotatable bonds is 3. The number of piperidine rings is 1. The van der Waals surface area contributed by atoms with Crippen LogP contribution in [0.1, 0.15) is 39.0 Å². The molecule has 3 rings (SSSR count). The second-order valence-corrected chi connectivity index (χ2v) is 6.45. The van der Waals surface area contributed by atoms with Gasteiger partial charge >= 0.3 is 0 Å². The van der Waals surface area contributed by atoms with Crippen molar-refractivity contribution in [2.75, 3.05) is 39.3 Å². The monoisotopic (exact) mass is 267 g/mol. The molecule has 4 nitrogen and oxygen atoms in total. The third-order valence-corrected chi connectivity index (χ3v) is 5.64. The first-order valence-corrected chi connectivity index (χ1v) is 8.11. The third-order valence-electron chi connectivity index (χ3n) is 5.64. The lowest BCUT2D eigenvalue weighted by Crippen LogP contribution is -2.65. The standard InChI is InChI=1S/C15H29N3O/c1-2-13-11-18(9-10-19-13)15(12-16)6-8-17-7-4-3-5-14(15)17/h13-14H,2-12,16H2,1H3. The quantitative estimate of drug-likeness (QED) is 0.830. The van der Waals surface area contributed by atoms with Gasteiger partial charge in [0.15, 0.2) is 0 Å². The molecule has 0 aliphatic carbocycles. The Labute approximate surface area is 117 Å². The van der Waals surface area contributed by atoms with E-state index in [4.69, 9.17) is 10.5 Å². The van der Waals surface area contributed by atoms with Crippen LogP contribution in [0.25, 0.3) is 0 Å². The lowest BCUT2D eigenvalue weighted by molar-refractivity contribution is -0.0798. The van der Waals surface area contributed by atoms with Crippen LogP contribution in [0.3, 0.4) is 0 Å². The van der Waals surface area contributed by atoms with E-state index in [9.17, 15) is 0 Å². The van der Waals surface area contributed by atoms with Crippen LogP contribution in [0.2, 0.25) is 0 Å². The first-order chi connectivity index (χ1) is 9.30. The molecule has 3 unspecified atom stereocenters. The summed E-state index contributed by atoms with van der Waals surface area (Å²) in [5.41, 5.74) is 6.52. The Morgan fingerprint density at radius 3 is 2.95 bits per heavy atom. The van der Waals surface area contributed by atoms with Gasteiger partial charge in [-0.1, -0.05) is 13.3 Å². The van der Waals surface area contributed by atoms with E-state index in [-0.39, 0.29) is 5.54 Å². The van der Waals surface area contributed by atoms with Crippen LogP contribution >= 0.6 is 0 Å². The number of ether oxygens (including phenoxy) is 1. The topological polar surface area (TPSA) is 41.7 Å². The van der Waals surface area contributed by atoms with Crippen molar-refractivity contribution in [2.45, 2.75) is 56.7 Å². The van der Waals surface area contributed by atoms with Crippen LogP contribution in [-0.4, -0.2) is 66.8 Å². The molecule has 3 heterocycles. The highest BCUT2D eigenvalue weighted by molar-refractivity contribution is 5.09. The van der Waals surface area contributed by atoms with Gasteiger partial charge in [0.05, 0.1) is 18.2 Å². The summed E-state index contributed by atoms with van der Waals surface area (Å²) >= 11 is 0. The summed E-state index contributed by atoms with van der Waals surface area (Å²) in [4.78, 5) is 5.38. The molecule has 3 saturated heterocycles. The van der Waals surface area contributed by atoms with Gasteiger partial charge in [-0.15, -0.1) is 0 Å². The minimum Gasteiger partial charge on any atom is -0.376 e. The largest absolute Gasteiger partial charge is 0.376 e. The van der Waals surface area contributed by atoms with Crippen molar-refractivity contribution in [1.29, 1.82) is 0 Å². The van der Waals surface area contributed by atoms with Crippen LogP contribution in [0.15, 0.2) is 0 Å². The lowest BCUT2D eigenvalue weighted by Gasteiger charge is -2.50. The summed E-state index contributed by atoms with van der Waals surface area (Å²) in [5, 5.41) is 0. The smallest absolute Gasteiger partial charge is 0.0700 e. The van der Waals surface area contributed by atoms with E-state index >= 15 is 0 Å². The maximum Gasteiger partial charge on any atom is 0.0700 e. The molecule has 3 aliphatic heterocycles. The molecule has 19 heavy (non-hydrogen) atoms. The fraction of sp³-hybridized carbons (Fsp3) is 1.00. The molecular formula is C15H29N3O. The molecule has 0 aromatic heterocycles. The Kier molecular flexibility index (Phi) is 4.13. The summed E-state index contributed by atoms with van der Waals surface area (Å²) in [6.45, 7) is 8.60. The number of morpholine rings is 1. The average Bonchev–Trinajstić information content (AvgIpc) is 2.87. The molecule has 3 atom stereocenters. The summed E-state index contributed by atoms with van der Waals surface area (Å²) < 4.78 is 5.85. The lowest BCUT2D eigenvalue weighted by atomic mass is 9.83. The van der Waals surface area contributed by atoms with Crippen LogP contribution in [0.5, 0.6) is 0 Å². The Balaban J connectivity index is 1.78. The van der Waals surface area contributed by atoms with Gasteiger partial charge in [0.25, 0.3) is 0 Å². The Hall–Kier alpha value is -0.160. The molecule has 0 amide bonds. The van der Waals surface area contributed by atoms with Gasteiger partial charge in [-0.05, 0) is 32.2 Å². The van der Waals surface area contributed by atoms with Crippen molar-refractivity contribution in [1.82, 2.24) is 9.80 Å². The zero-order valence-electron chi connectivity index (χ0n) is 12.3. The van der Waals surface area contributed by atoms with Gasteiger partial charge < -0.3 is 10.5 Å². The second-order valence-electron chi connectivity index (χ2n) is 6.45. The average molecular weight is 267 g/mol. The van der Waals surface area contributed by atoms with Crippen molar-refractivity contribution < 1.29 is 4.74 Å². The van der Waals surface area contributed by atoms with Crippen molar-refractivity contribution >= 4 is 0 Å². The summed E-state index contributed by atoms with van der Waals surface area (Å²) in [7, 11) is 0. The van der Waals surface area contributed by atoms with Crippen molar-refractivity contribution in [2.24, 2.45) is 5.73 Å². The fourth-order valence-electron chi connectivity index (χ4n) is 4.48. The highest BCUT2D eigenvalue weighted by atomic mass is 16.5. The zero-order valence-corrected chi connectivity index (χ0v) is 12.3. The predicted octanol–water partition coefficient (Wildman–Crippen LogP) is 1.05. The van der Waals surface area contributed by atoms with E-state index in [0.717, 1.165) is 32.7 Å². The van der Waals surface area contributed by atoms with Crippen LogP contribution in [-0.2, 0) is 4.74 Å². The van der Waals surface area contributed by atoms with E-state index < -0.39 is 0 Å². The number of hydrogen-bond donors (Lipinski definition) is 1. The molecule has 0 spiro atoms. The number of nitrogens with two attached hydrogens (primary N) is 1. The first-order valence-electron chi connectivity index (χ1n) is 8.11. The number of hydrogen-bond acceptors (Lipinski definition) is 4. The molecule has 0 saturated carbocycles. The van der Waals surface area contributed by atoms with E-state index in [1.54, 1.807) is 0 Å². The van der Waals surface area contributed by atoms with Gasteiger partial charge in [0.2, 0.25) is 0 Å². The minimum absolute atomic E-state index is 0.234. The van der Waals surface area contributed by atoms with E-state index in [1.165, 1.54) is 38.8 Å². The van der Waals surface area contributed by atoms with Gasteiger partial charge in [-0.2, -0.15) is 0 Å². The fourth-order valence-corrected chi connectivity index (χ4v) is 4.48. The Morgan fingerprint density at radius 1 is 1.26 bits per heavy atom. The predicted molar refractivity (Wildman–Crippen MR) is 77.2 cm³/mol. The highest BCUT2D eigenvalue weighted by Crippen LogP contribution is 2.39. The van der Waals surface area contributed by atoms with Crippen molar-refractivity contribution in [3.05, 3.63) is 0 Å². The molecule has 2 N–H and O–H groups in total. The molecule has 0 aromatic rings. The first kappa shape index (κ1) is 13.8. The number of nitrogens with zero attached hydrogens (tertiary/aromatic N) is 2. The van der Waals surface area contributed by atoms with Gasteiger partial charge in [0, 0.05) is 32.2 Å². The molecule has 0 bridgehead atoms. The van der Waals surface area contributed by atoms with Crippen molar-refractivity contribution in [3.63, 3.8) is 0 Å². The molecule has 3 fully saturated rings. The second kappa shape index (κ2) is 5.68. The zero-order chi connectivity index (χ0) is 13.3. The van der Waals surface area contributed by atoms with Gasteiger partial charge in [-0.25, -0.2) is 0 Å². The Bertz CT molecular complexity index is 312. The normalized spacial score (nSPS) is 41.4. The van der Waals surface area contributed by atoms with E-state index in [1.807, 2.05) is 0 Å². The molecule has 0 aromatic carbocycles. The maximum absolute atomic E-state index is 6.28. The Morgan fingerprint density at radius 2 is 2.16 bits per heavy atom. The minimum atomic E-state index is 0.234. The molecular weight excluding hydrogens is 238 g/mol. The SMILES string of the molecule is CCC1CN(C2(CN)CCN3CCCCC32)CCO1. The van der Waals surface area contributed by atoms with Crippen molar-refractivity contribution in [3.8, 4) is 0 Å². The van der Waals surface area contributed by atoms with Crippen LogP contribution < -0.4 is 5.73 Å². The highest BCUT2D eigenvalue weighted by Gasteiger charge is 2.51. The van der Waals surface area contributed by atoms with Crippen LogP contribution in [0, 0.1) is 0 Å². The summed E-state index contributed by atoms with van der Waals surface area (Å²) in [6, 6.07) is 0.696. The van der Waals surface area contributed by atoms with Gasteiger partial charge in [0.1, 0.15) is 0 Å².